The Labute approximate surface area is 186 Å². The topological polar surface area (TPSA) is 86.0 Å². The van der Waals surface area contributed by atoms with Crippen LogP contribution >= 0.6 is 0 Å². The third-order valence-electron chi connectivity index (χ3n) is 6.03. The van der Waals surface area contributed by atoms with Crippen LogP contribution in [0.2, 0.25) is 0 Å². The Hall–Kier alpha value is -3.23. The summed E-state index contributed by atoms with van der Waals surface area (Å²) in [6.45, 7) is 2.83. The zero-order valence-corrected chi connectivity index (χ0v) is 18.3. The van der Waals surface area contributed by atoms with Crippen molar-refractivity contribution in [3.05, 3.63) is 53.6 Å². The molecule has 0 spiro atoms. The molecule has 0 saturated carbocycles. The van der Waals surface area contributed by atoms with Crippen molar-refractivity contribution >= 4 is 17.6 Å². The number of ether oxygens (including phenoxy) is 1. The average molecular weight is 442 g/mol. The quantitative estimate of drug-likeness (QED) is 0.642. The van der Waals surface area contributed by atoms with Gasteiger partial charge in [0.05, 0.1) is 17.7 Å². The molecule has 32 heavy (non-hydrogen) atoms. The van der Waals surface area contributed by atoms with Gasteiger partial charge >= 0.3 is 5.97 Å². The first-order chi connectivity index (χ1) is 15.4. The van der Waals surface area contributed by atoms with E-state index in [2.05, 4.69) is 10.3 Å². The number of carbonyl (C=O) groups is 2. The van der Waals surface area contributed by atoms with Crippen LogP contribution in [0.25, 0.3) is 0 Å². The molecular weight excluding hydrogens is 415 g/mol. The highest BCUT2D eigenvalue weighted by Crippen LogP contribution is 2.39. The van der Waals surface area contributed by atoms with Gasteiger partial charge in [0.25, 0.3) is 5.91 Å². The summed E-state index contributed by atoms with van der Waals surface area (Å²) in [5, 5.41) is 8.38. The standard InChI is InChI=1S/C23H27FN4O4/c1-3-31-22(30)23(10-4-11-28(15-23)21(29)19-9-12-27(2)25-19)14-18-13-20(26-32-18)16-5-7-17(24)8-6-16/h5-9,12,18H,3-4,10-11,13-15H2,1-2H3. The highest BCUT2D eigenvalue weighted by atomic mass is 19.1. The molecular formula is C23H27FN4O4. The predicted molar refractivity (Wildman–Crippen MR) is 114 cm³/mol. The lowest BCUT2D eigenvalue weighted by Crippen LogP contribution is -2.52. The van der Waals surface area contributed by atoms with Gasteiger partial charge in [-0.15, -0.1) is 0 Å². The van der Waals surface area contributed by atoms with Crippen LogP contribution in [-0.2, 0) is 21.4 Å². The number of esters is 1. The molecule has 0 radical (unpaired) electrons. The maximum Gasteiger partial charge on any atom is 0.314 e. The Morgan fingerprint density at radius 2 is 2.06 bits per heavy atom. The molecule has 2 aliphatic heterocycles. The lowest BCUT2D eigenvalue weighted by molar-refractivity contribution is -0.161. The monoisotopic (exact) mass is 442 g/mol. The summed E-state index contributed by atoms with van der Waals surface area (Å²) in [7, 11) is 1.76. The highest BCUT2D eigenvalue weighted by Gasteiger charge is 2.47. The smallest absolute Gasteiger partial charge is 0.314 e. The van der Waals surface area contributed by atoms with E-state index < -0.39 is 5.41 Å². The van der Waals surface area contributed by atoms with E-state index in [1.807, 2.05) is 0 Å². The van der Waals surface area contributed by atoms with Crippen molar-refractivity contribution < 1.29 is 23.6 Å². The van der Waals surface area contributed by atoms with E-state index in [9.17, 15) is 14.0 Å². The molecule has 2 unspecified atom stereocenters. The number of halogens is 1. The number of oxime groups is 1. The fraction of sp³-hybridized carbons (Fsp3) is 0.478. The predicted octanol–water partition coefficient (Wildman–Crippen LogP) is 2.93. The van der Waals surface area contributed by atoms with E-state index in [-0.39, 0.29) is 36.9 Å². The van der Waals surface area contributed by atoms with Gasteiger partial charge in [0.1, 0.15) is 17.6 Å². The van der Waals surface area contributed by atoms with Crippen LogP contribution in [0.1, 0.15) is 48.7 Å². The Morgan fingerprint density at radius 1 is 1.28 bits per heavy atom. The van der Waals surface area contributed by atoms with Gasteiger partial charge in [-0.2, -0.15) is 5.10 Å². The van der Waals surface area contributed by atoms with Crippen LogP contribution in [0.3, 0.4) is 0 Å². The minimum atomic E-state index is -0.878. The Kier molecular flexibility index (Phi) is 6.25. The number of piperidine rings is 1. The van der Waals surface area contributed by atoms with E-state index in [4.69, 9.17) is 9.57 Å². The molecule has 2 aliphatic rings. The van der Waals surface area contributed by atoms with Crippen LogP contribution < -0.4 is 0 Å². The molecule has 4 rings (SSSR count). The lowest BCUT2D eigenvalue weighted by Gasteiger charge is -2.41. The SMILES string of the molecule is CCOC(=O)C1(CC2CC(c3ccc(F)cc3)=NO2)CCCN(C(=O)c2ccn(C)n2)C1. The molecule has 0 bridgehead atoms. The molecule has 8 nitrogen and oxygen atoms in total. The van der Waals surface area contributed by atoms with Crippen LogP contribution in [-0.4, -0.2) is 58.1 Å². The van der Waals surface area contributed by atoms with E-state index >= 15 is 0 Å². The average Bonchev–Trinajstić information content (AvgIpc) is 3.43. The molecule has 0 aliphatic carbocycles. The summed E-state index contributed by atoms with van der Waals surface area (Å²) in [5.41, 5.74) is 0.976. The van der Waals surface area contributed by atoms with Gasteiger partial charge in [-0.25, -0.2) is 4.39 Å². The van der Waals surface area contributed by atoms with Gasteiger partial charge in [-0.1, -0.05) is 17.3 Å². The van der Waals surface area contributed by atoms with Gasteiger partial charge < -0.3 is 14.5 Å². The zero-order chi connectivity index (χ0) is 22.7. The number of carbonyl (C=O) groups excluding carboxylic acids is 2. The number of likely N-dealkylation sites (tertiary alicyclic amines) is 1. The molecule has 1 saturated heterocycles. The number of hydrogen-bond acceptors (Lipinski definition) is 6. The van der Waals surface area contributed by atoms with Crippen LogP contribution in [0.15, 0.2) is 41.7 Å². The van der Waals surface area contributed by atoms with Crippen LogP contribution in [0.5, 0.6) is 0 Å². The molecule has 9 heteroatoms. The van der Waals surface area contributed by atoms with Crippen molar-refractivity contribution in [2.45, 2.75) is 38.7 Å². The third kappa shape index (κ3) is 4.51. The molecule has 1 fully saturated rings. The number of benzene rings is 1. The summed E-state index contributed by atoms with van der Waals surface area (Å²) in [5.74, 6) is -0.835. The van der Waals surface area contributed by atoms with Crippen molar-refractivity contribution in [3.63, 3.8) is 0 Å². The minimum absolute atomic E-state index is 0.199. The fourth-order valence-corrected chi connectivity index (χ4v) is 4.48. The van der Waals surface area contributed by atoms with Gasteiger partial charge in [0.15, 0.2) is 0 Å². The second kappa shape index (κ2) is 9.10. The number of hydrogen-bond donors (Lipinski definition) is 0. The number of rotatable bonds is 6. The Morgan fingerprint density at radius 3 is 2.75 bits per heavy atom. The second-order valence-corrected chi connectivity index (χ2v) is 8.39. The minimum Gasteiger partial charge on any atom is -0.466 e. The molecule has 3 heterocycles. The normalized spacial score (nSPS) is 22.9. The number of amides is 1. The number of aryl methyl sites for hydroxylation is 1. The summed E-state index contributed by atoms with van der Waals surface area (Å²) < 4.78 is 20.2. The van der Waals surface area contributed by atoms with Crippen molar-refractivity contribution in [1.82, 2.24) is 14.7 Å². The van der Waals surface area contributed by atoms with Crippen LogP contribution in [0, 0.1) is 11.2 Å². The Balaban J connectivity index is 1.50. The molecule has 2 atom stereocenters. The second-order valence-electron chi connectivity index (χ2n) is 8.39. The summed E-state index contributed by atoms with van der Waals surface area (Å²) in [6, 6.07) is 7.76. The number of aromatic nitrogens is 2. The van der Waals surface area contributed by atoms with Crippen molar-refractivity contribution in [3.8, 4) is 0 Å². The first-order valence-electron chi connectivity index (χ1n) is 10.8. The van der Waals surface area contributed by atoms with Crippen molar-refractivity contribution in [2.24, 2.45) is 17.6 Å². The van der Waals surface area contributed by atoms with Gasteiger partial charge in [0, 0.05) is 39.2 Å². The zero-order valence-electron chi connectivity index (χ0n) is 18.3. The highest BCUT2D eigenvalue weighted by molar-refractivity contribution is 6.01. The van der Waals surface area contributed by atoms with Crippen LogP contribution in [0.4, 0.5) is 4.39 Å². The summed E-state index contributed by atoms with van der Waals surface area (Å²) in [4.78, 5) is 33.4. The van der Waals surface area contributed by atoms with Gasteiger partial charge in [0.2, 0.25) is 0 Å². The van der Waals surface area contributed by atoms with E-state index in [1.165, 1.54) is 12.1 Å². The summed E-state index contributed by atoms with van der Waals surface area (Å²) >= 11 is 0. The van der Waals surface area contributed by atoms with Gasteiger partial charge in [-0.3, -0.25) is 14.3 Å². The van der Waals surface area contributed by atoms with Crippen molar-refractivity contribution in [1.29, 1.82) is 0 Å². The van der Waals surface area contributed by atoms with E-state index in [0.717, 1.165) is 5.56 Å². The first kappa shape index (κ1) is 22.0. The molecule has 2 aromatic rings. The van der Waals surface area contributed by atoms with E-state index in [1.54, 1.807) is 47.9 Å². The first-order valence-corrected chi connectivity index (χ1v) is 10.8. The molecule has 170 valence electrons. The molecule has 1 aromatic carbocycles. The fourth-order valence-electron chi connectivity index (χ4n) is 4.48. The maximum atomic E-state index is 13.2. The molecule has 0 N–H and O–H groups in total. The Bertz CT molecular complexity index is 1020. The third-order valence-corrected chi connectivity index (χ3v) is 6.03. The number of nitrogens with zero attached hydrogens (tertiary/aromatic N) is 4. The van der Waals surface area contributed by atoms with Crippen molar-refractivity contribution in [2.75, 3.05) is 19.7 Å². The molecule has 1 amide bonds. The molecule has 1 aromatic heterocycles. The summed E-state index contributed by atoms with van der Waals surface area (Å²) in [6.07, 6.45) is 3.55. The maximum absolute atomic E-state index is 13.2. The lowest BCUT2D eigenvalue weighted by atomic mass is 9.74. The largest absolute Gasteiger partial charge is 0.466 e. The van der Waals surface area contributed by atoms with E-state index in [0.29, 0.717) is 43.6 Å². The van der Waals surface area contributed by atoms with Gasteiger partial charge in [-0.05, 0) is 43.5 Å².